The molecule has 4 nitrogen and oxygen atoms in total. The first-order chi connectivity index (χ1) is 9.62. The normalized spacial score (nSPS) is 12.3. The first-order valence-corrected chi connectivity index (χ1v) is 6.12. The van der Waals surface area contributed by atoms with E-state index in [0.29, 0.717) is 6.54 Å². The molecule has 0 aliphatic heterocycles. The molecule has 1 rings (SSSR count). The van der Waals surface area contributed by atoms with Crippen LogP contribution in [-0.2, 0) is 6.18 Å². The van der Waals surface area contributed by atoms with Crippen molar-refractivity contribution in [2.45, 2.75) is 32.1 Å². The molecule has 0 aromatic carbocycles. The van der Waals surface area contributed by atoms with Gasteiger partial charge in [-0.3, -0.25) is 0 Å². The Morgan fingerprint density at radius 1 is 1.00 bits per heavy atom. The van der Waals surface area contributed by atoms with E-state index in [0.717, 1.165) is 0 Å². The van der Waals surface area contributed by atoms with Crippen molar-refractivity contribution in [3.63, 3.8) is 0 Å². The second-order valence-corrected chi connectivity index (χ2v) is 4.14. The fourth-order valence-corrected chi connectivity index (χ4v) is 1.44. The maximum Gasteiger partial charge on any atom is 0.451 e. The van der Waals surface area contributed by atoms with Gasteiger partial charge in [0.2, 0.25) is 5.82 Å². The van der Waals surface area contributed by atoms with E-state index in [1.807, 2.05) is 0 Å². The molecule has 0 spiro atoms. The second kappa shape index (κ2) is 6.81. The van der Waals surface area contributed by atoms with Gasteiger partial charge in [-0.25, -0.2) is 9.97 Å². The molecular weight excluding hydrogens is 302 g/mol. The van der Waals surface area contributed by atoms with Gasteiger partial charge in [0, 0.05) is 25.6 Å². The van der Waals surface area contributed by atoms with Crippen LogP contribution in [0.15, 0.2) is 6.07 Å². The predicted molar refractivity (Wildman–Crippen MR) is 65.0 cm³/mol. The molecule has 1 aromatic heterocycles. The molecule has 0 saturated carbocycles. The quantitative estimate of drug-likeness (QED) is 0.621. The van der Waals surface area contributed by atoms with E-state index in [-0.39, 0.29) is 24.6 Å². The Hall–Kier alpha value is -1.74. The number of hydrogen-bond donors (Lipinski definition) is 2. The summed E-state index contributed by atoms with van der Waals surface area (Å²) in [6.07, 6.45) is -10.3. The molecule has 0 bridgehead atoms. The SMILES string of the molecule is CCNc1cc(NCCCC(F)(F)F)nc(C(F)(F)F)n1. The number of hydrogen-bond acceptors (Lipinski definition) is 4. The van der Waals surface area contributed by atoms with Gasteiger partial charge in [-0.15, -0.1) is 0 Å². The van der Waals surface area contributed by atoms with Gasteiger partial charge >= 0.3 is 12.4 Å². The third kappa shape index (κ3) is 6.50. The van der Waals surface area contributed by atoms with Crippen LogP contribution in [0.1, 0.15) is 25.6 Å². The number of aromatic nitrogens is 2. The molecule has 0 atom stereocenters. The van der Waals surface area contributed by atoms with E-state index in [4.69, 9.17) is 0 Å². The van der Waals surface area contributed by atoms with Crippen LogP contribution in [-0.4, -0.2) is 29.2 Å². The number of halogens is 6. The standard InChI is InChI=1S/C11H14F6N4/c1-2-18-7-6-8(19-5-3-4-10(12,13)14)21-9(20-7)11(15,16)17/h6H,2-5H2,1H3,(H2,18,19,20,21). The zero-order valence-corrected chi connectivity index (χ0v) is 11.1. The fourth-order valence-electron chi connectivity index (χ4n) is 1.44. The van der Waals surface area contributed by atoms with E-state index in [9.17, 15) is 26.3 Å². The average molecular weight is 316 g/mol. The van der Waals surface area contributed by atoms with Gasteiger partial charge in [-0.1, -0.05) is 0 Å². The summed E-state index contributed by atoms with van der Waals surface area (Å²) < 4.78 is 73.7. The zero-order chi connectivity index (χ0) is 16.1. The smallest absolute Gasteiger partial charge is 0.370 e. The van der Waals surface area contributed by atoms with Crippen LogP contribution < -0.4 is 10.6 Å². The topological polar surface area (TPSA) is 49.8 Å². The van der Waals surface area contributed by atoms with Crippen molar-refractivity contribution in [2.75, 3.05) is 23.7 Å². The fraction of sp³-hybridized carbons (Fsp3) is 0.636. The summed E-state index contributed by atoms with van der Waals surface area (Å²) in [4.78, 5) is 6.55. The van der Waals surface area contributed by atoms with Crippen LogP contribution in [0, 0.1) is 0 Å². The van der Waals surface area contributed by atoms with Crippen molar-refractivity contribution in [3.8, 4) is 0 Å². The minimum Gasteiger partial charge on any atom is -0.370 e. The lowest BCUT2D eigenvalue weighted by Gasteiger charge is -2.12. The van der Waals surface area contributed by atoms with Gasteiger partial charge in [-0.05, 0) is 13.3 Å². The predicted octanol–water partition coefficient (Wildman–Crippen LogP) is 3.68. The summed E-state index contributed by atoms with van der Waals surface area (Å²) >= 11 is 0. The van der Waals surface area contributed by atoms with Crippen molar-refractivity contribution in [2.24, 2.45) is 0 Å². The summed E-state index contributed by atoms with van der Waals surface area (Å²) in [5.74, 6) is -1.56. The Morgan fingerprint density at radius 2 is 1.57 bits per heavy atom. The molecule has 2 N–H and O–H groups in total. The molecule has 0 radical (unpaired) electrons. The van der Waals surface area contributed by atoms with Gasteiger partial charge in [0.05, 0.1) is 0 Å². The van der Waals surface area contributed by atoms with E-state index < -0.39 is 24.6 Å². The van der Waals surface area contributed by atoms with Gasteiger partial charge in [0.1, 0.15) is 11.6 Å². The molecule has 120 valence electrons. The molecule has 0 fully saturated rings. The minimum absolute atomic E-state index is 0.0434. The zero-order valence-electron chi connectivity index (χ0n) is 11.1. The summed E-state index contributed by atoms with van der Waals surface area (Å²) in [5.41, 5.74) is 0. The number of alkyl halides is 6. The highest BCUT2D eigenvalue weighted by Crippen LogP contribution is 2.28. The van der Waals surface area contributed by atoms with Crippen LogP contribution >= 0.6 is 0 Å². The lowest BCUT2D eigenvalue weighted by Crippen LogP contribution is -2.16. The van der Waals surface area contributed by atoms with Crippen LogP contribution in [0.25, 0.3) is 0 Å². The van der Waals surface area contributed by atoms with Crippen molar-refractivity contribution < 1.29 is 26.3 Å². The summed E-state index contributed by atoms with van der Waals surface area (Å²) in [6.45, 7) is 1.88. The van der Waals surface area contributed by atoms with E-state index >= 15 is 0 Å². The third-order valence-corrected chi connectivity index (χ3v) is 2.28. The molecule has 0 saturated heterocycles. The van der Waals surface area contributed by atoms with Crippen molar-refractivity contribution in [1.82, 2.24) is 9.97 Å². The van der Waals surface area contributed by atoms with Crippen LogP contribution in [0.3, 0.4) is 0 Å². The van der Waals surface area contributed by atoms with E-state index in [1.54, 1.807) is 6.92 Å². The monoisotopic (exact) mass is 316 g/mol. The first-order valence-electron chi connectivity index (χ1n) is 6.12. The second-order valence-electron chi connectivity index (χ2n) is 4.14. The lowest BCUT2D eigenvalue weighted by atomic mass is 10.3. The van der Waals surface area contributed by atoms with Gasteiger partial charge in [0.25, 0.3) is 0 Å². The van der Waals surface area contributed by atoms with Crippen LogP contribution in [0.5, 0.6) is 0 Å². The maximum absolute atomic E-state index is 12.6. The molecule has 10 heteroatoms. The van der Waals surface area contributed by atoms with Crippen molar-refractivity contribution in [3.05, 3.63) is 11.9 Å². The molecule has 1 heterocycles. The van der Waals surface area contributed by atoms with Crippen LogP contribution in [0.4, 0.5) is 38.0 Å². The lowest BCUT2D eigenvalue weighted by molar-refractivity contribution is -0.144. The summed E-state index contributed by atoms with van der Waals surface area (Å²) in [6, 6.07) is 1.21. The van der Waals surface area contributed by atoms with Crippen LogP contribution in [0.2, 0.25) is 0 Å². The highest BCUT2D eigenvalue weighted by molar-refractivity contribution is 5.47. The van der Waals surface area contributed by atoms with Gasteiger partial charge < -0.3 is 10.6 Å². The van der Waals surface area contributed by atoms with Gasteiger partial charge in [-0.2, -0.15) is 26.3 Å². The number of nitrogens with one attached hydrogen (secondary N) is 2. The van der Waals surface area contributed by atoms with E-state index in [1.165, 1.54) is 6.07 Å². The largest absolute Gasteiger partial charge is 0.451 e. The van der Waals surface area contributed by atoms with Crippen molar-refractivity contribution >= 4 is 11.6 Å². The molecular formula is C11H14F6N4. The Balaban J connectivity index is 2.74. The summed E-state index contributed by atoms with van der Waals surface area (Å²) in [7, 11) is 0. The van der Waals surface area contributed by atoms with Crippen molar-refractivity contribution in [1.29, 1.82) is 0 Å². The Kier molecular flexibility index (Phi) is 5.62. The minimum atomic E-state index is -4.73. The highest BCUT2D eigenvalue weighted by Gasteiger charge is 2.35. The number of rotatable bonds is 6. The number of anilines is 2. The maximum atomic E-state index is 12.6. The average Bonchev–Trinajstić information content (AvgIpc) is 2.33. The van der Waals surface area contributed by atoms with E-state index in [2.05, 4.69) is 20.6 Å². The molecule has 0 aliphatic rings. The molecule has 21 heavy (non-hydrogen) atoms. The molecule has 0 unspecified atom stereocenters. The third-order valence-electron chi connectivity index (χ3n) is 2.28. The Labute approximate surface area is 117 Å². The van der Waals surface area contributed by atoms with Gasteiger partial charge in [0.15, 0.2) is 0 Å². The molecule has 1 aromatic rings. The first kappa shape index (κ1) is 17.3. The molecule has 0 aliphatic carbocycles. The Bertz CT molecular complexity index is 457. The molecule has 0 amide bonds. The summed E-state index contributed by atoms with van der Waals surface area (Å²) in [5, 5.41) is 5.04. The number of nitrogens with zero attached hydrogens (tertiary/aromatic N) is 2. The Morgan fingerprint density at radius 3 is 2.05 bits per heavy atom. The highest BCUT2D eigenvalue weighted by atomic mass is 19.4.